The number of imidazole rings is 1. The first-order chi connectivity index (χ1) is 11.5. The number of hydrogen-bond acceptors (Lipinski definition) is 5. The van der Waals surface area contributed by atoms with Gasteiger partial charge in [0.2, 0.25) is 0 Å². The SMILES string of the molecule is COC1=C(C)CN=C(C[S@](=O)c2nc3ccc(OC)cc3[nH]2)C1C. The van der Waals surface area contributed by atoms with Gasteiger partial charge in [-0.2, -0.15) is 0 Å². The van der Waals surface area contributed by atoms with E-state index in [0.29, 0.717) is 17.5 Å². The molecular weight excluding hydrogens is 326 g/mol. The van der Waals surface area contributed by atoms with Crippen LogP contribution in [0.2, 0.25) is 0 Å². The minimum absolute atomic E-state index is 0.0390. The number of nitrogens with one attached hydrogen (secondary N) is 1. The van der Waals surface area contributed by atoms with Crippen molar-refractivity contribution < 1.29 is 13.7 Å². The van der Waals surface area contributed by atoms with Crippen LogP contribution in [0.25, 0.3) is 11.0 Å². The highest BCUT2D eigenvalue weighted by Gasteiger charge is 2.25. The quantitative estimate of drug-likeness (QED) is 0.902. The highest BCUT2D eigenvalue weighted by molar-refractivity contribution is 7.85. The number of H-pyrrole nitrogens is 1. The number of aromatic nitrogens is 2. The summed E-state index contributed by atoms with van der Waals surface area (Å²) in [4.78, 5) is 12.1. The van der Waals surface area contributed by atoms with Crippen molar-refractivity contribution in [2.75, 3.05) is 26.5 Å². The molecule has 7 heteroatoms. The second-order valence-electron chi connectivity index (χ2n) is 5.79. The number of benzene rings is 1. The second-order valence-corrected chi connectivity index (χ2v) is 7.16. The third-order valence-electron chi connectivity index (χ3n) is 4.21. The van der Waals surface area contributed by atoms with Gasteiger partial charge in [0.15, 0.2) is 5.16 Å². The average molecular weight is 347 g/mol. The van der Waals surface area contributed by atoms with E-state index < -0.39 is 10.8 Å². The number of aromatic amines is 1. The topological polar surface area (TPSA) is 76.6 Å². The maximum Gasteiger partial charge on any atom is 0.197 e. The molecule has 6 nitrogen and oxygen atoms in total. The van der Waals surface area contributed by atoms with Crippen LogP contribution in [0.1, 0.15) is 13.8 Å². The van der Waals surface area contributed by atoms with Crippen molar-refractivity contribution in [1.29, 1.82) is 0 Å². The van der Waals surface area contributed by atoms with Gasteiger partial charge >= 0.3 is 0 Å². The van der Waals surface area contributed by atoms with Crippen molar-refractivity contribution >= 4 is 27.5 Å². The fraction of sp³-hybridized carbons (Fsp3) is 0.412. The van der Waals surface area contributed by atoms with Crippen molar-refractivity contribution in [2.45, 2.75) is 19.0 Å². The summed E-state index contributed by atoms with van der Waals surface area (Å²) in [6.07, 6.45) is 0. The Hall–Kier alpha value is -2.15. The molecule has 0 aliphatic carbocycles. The second kappa shape index (κ2) is 6.76. The molecule has 0 saturated heterocycles. The Morgan fingerprint density at radius 1 is 1.33 bits per heavy atom. The van der Waals surface area contributed by atoms with E-state index in [1.54, 1.807) is 14.2 Å². The Bertz CT molecular complexity index is 854. The predicted octanol–water partition coefficient (Wildman–Crippen LogP) is 2.69. The van der Waals surface area contributed by atoms with Crippen LogP contribution in [0.4, 0.5) is 0 Å². The number of allylic oxidation sites excluding steroid dienone is 1. The minimum atomic E-state index is -1.29. The van der Waals surface area contributed by atoms with Gasteiger partial charge < -0.3 is 14.5 Å². The van der Waals surface area contributed by atoms with Crippen LogP contribution in [0.3, 0.4) is 0 Å². The molecule has 0 fully saturated rings. The summed E-state index contributed by atoms with van der Waals surface area (Å²) >= 11 is 0. The van der Waals surface area contributed by atoms with Gasteiger partial charge in [0, 0.05) is 11.8 Å². The highest BCUT2D eigenvalue weighted by atomic mass is 32.2. The van der Waals surface area contributed by atoms with Gasteiger partial charge in [0.1, 0.15) is 11.5 Å². The molecule has 1 N–H and O–H groups in total. The van der Waals surface area contributed by atoms with Gasteiger partial charge in [-0.15, -0.1) is 0 Å². The number of hydrogen-bond donors (Lipinski definition) is 1. The molecule has 0 radical (unpaired) electrons. The summed E-state index contributed by atoms with van der Waals surface area (Å²) in [6, 6.07) is 5.53. The zero-order valence-corrected chi connectivity index (χ0v) is 15.1. The monoisotopic (exact) mass is 347 g/mol. The third-order valence-corrected chi connectivity index (χ3v) is 5.40. The van der Waals surface area contributed by atoms with Gasteiger partial charge in [0.05, 0.1) is 54.3 Å². The van der Waals surface area contributed by atoms with Gasteiger partial charge in [-0.1, -0.05) is 6.92 Å². The van der Waals surface area contributed by atoms with Crippen molar-refractivity contribution in [2.24, 2.45) is 10.9 Å². The molecule has 0 amide bonds. The molecule has 24 heavy (non-hydrogen) atoms. The number of fused-ring (bicyclic) bond motifs is 1. The van der Waals surface area contributed by atoms with Crippen LogP contribution in [0, 0.1) is 5.92 Å². The van der Waals surface area contributed by atoms with E-state index in [2.05, 4.69) is 15.0 Å². The smallest absolute Gasteiger partial charge is 0.197 e. The lowest BCUT2D eigenvalue weighted by molar-refractivity contribution is 0.259. The van der Waals surface area contributed by atoms with Crippen LogP contribution in [-0.4, -0.2) is 46.4 Å². The Morgan fingerprint density at radius 2 is 2.12 bits per heavy atom. The summed E-state index contributed by atoms with van der Waals surface area (Å²) in [5, 5.41) is 0.457. The fourth-order valence-electron chi connectivity index (χ4n) is 2.88. The lowest BCUT2D eigenvalue weighted by Gasteiger charge is -2.23. The molecule has 0 saturated carbocycles. The molecule has 128 valence electrons. The fourth-order valence-corrected chi connectivity index (χ4v) is 4.05. The van der Waals surface area contributed by atoms with Crippen LogP contribution in [0.15, 0.2) is 39.7 Å². The Kier molecular flexibility index (Phi) is 4.71. The largest absolute Gasteiger partial charge is 0.500 e. The summed E-state index contributed by atoms with van der Waals surface area (Å²) in [7, 11) is 1.99. The first kappa shape index (κ1) is 16.7. The highest BCUT2D eigenvalue weighted by Crippen LogP contribution is 2.24. The minimum Gasteiger partial charge on any atom is -0.500 e. The molecule has 1 unspecified atom stereocenters. The molecule has 1 aromatic heterocycles. The number of dihydropyridines is 1. The van der Waals surface area contributed by atoms with E-state index >= 15 is 0 Å². The molecule has 1 aliphatic heterocycles. The molecule has 1 aromatic carbocycles. The summed E-state index contributed by atoms with van der Waals surface area (Å²) in [6.45, 7) is 4.64. The van der Waals surface area contributed by atoms with Gasteiger partial charge in [-0.25, -0.2) is 4.98 Å². The van der Waals surface area contributed by atoms with E-state index in [1.807, 2.05) is 32.0 Å². The van der Waals surface area contributed by atoms with Crippen LogP contribution in [-0.2, 0) is 15.5 Å². The normalized spacial score (nSPS) is 19.3. The Balaban J connectivity index is 1.80. The van der Waals surface area contributed by atoms with Gasteiger partial charge in [-0.3, -0.25) is 9.20 Å². The molecule has 2 aromatic rings. The number of aliphatic imine (C=N–C) groups is 1. The van der Waals surface area contributed by atoms with Crippen molar-refractivity contribution in [3.05, 3.63) is 29.5 Å². The lowest BCUT2D eigenvalue weighted by atomic mass is 9.98. The average Bonchev–Trinajstić information content (AvgIpc) is 3.01. The molecular formula is C17H21N3O3S. The number of nitrogens with zero attached hydrogens (tertiary/aromatic N) is 2. The molecule has 1 aliphatic rings. The predicted molar refractivity (Wildman–Crippen MR) is 95.1 cm³/mol. The van der Waals surface area contributed by atoms with E-state index in [-0.39, 0.29) is 5.92 Å². The Morgan fingerprint density at radius 3 is 2.83 bits per heavy atom. The summed E-state index contributed by atoms with van der Waals surface area (Å²) in [5.74, 6) is 2.04. The van der Waals surface area contributed by atoms with Crippen molar-refractivity contribution in [3.63, 3.8) is 0 Å². The molecule has 3 rings (SSSR count). The Labute approximate surface area is 143 Å². The first-order valence-electron chi connectivity index (χ1n) is 7.72. The first-order valence-corrected chi connectivity index (χ1v) is 9.04. The van der Waals surface area contributed by atoms with E-state index in [1.165, 1.54) is 0 Å². The standard InChI is InChI=1S/C17H21N3O3S/c1-10-8-18-15(11(2)16(10)23-4)9-24(21)17-19-13-6-5-12(22-3)7-14(13)20-17/h5-7,11H,8-9H2,1-4H3,(H,19,20)/t11?,24-/m0/s1. The van der Waals surface area contributed by atoms with E-state index in [4.69, 9.17) is 9.47 Å². The van der Waals surface area contributed by atoms with Gasteiger partial charge in [-0.05, 0) is 24.6 Å². The molecule has 2 atom stereocenters. The van der Waals surface area contributed by atoms with Crippen LogP contribution in [0.5, 0.6) is 5.75 Å². The molecule has 0 bridgehead atoms. The number of rotatable bonds is 5. The van der Waals surface area contributed by atoms with Crippen molar-refractivity contribution in [3.8, 4) is 5.75 Å². The maximum atomic E-state index is 12.7. The number of ether oxygens (including phenoxy) is 2. The van der Waals surface area contributed by atoms with E-state index in [0.717, 1.165) is 33.8 Å². The third kappa shape index (κ3) is 3.08. The maximum absolute atomic E-state index is 12.7. The van der Waals surface area contributed by atoms with Crippen LogP contribution >= 0.6 is 0 Å². The zero-order valence-electron chi connectivity index (χ0n) is 14.3. The van der Waals surface area contributed by atoms with E-state index in [9.17, 15) is 4.21 Å². The molecule has 2 heterocycles. The lowest BCUT2D eigenvalue weighted by Crippen LogP contribution is -2.26. The zero-order chi connectivity index (χ0) is 17.3. The number of methoxy groups -OCH3 is 2. The molecule has 0 spiro atoms. The summed E-state index contributed by atoms with van der Waals surface area (Å²) in [5.41, 5.74) is 3.58. The van der Waals surface area contributed by atoms with Crippen molar-refractivity contribution in [1.82, 2.24) is 9.97 Å². The van der Waals surface area contributed by atoms with Gasteiger partial charge in [0.25, 0.3) is 0 Å². The van der Waals surface area contributed by atoms with Crippen LogP contribution < -0.4 is 4.74 Å². The summed E-state index contributed by atoms with van der Waals surface area (Å²) < 4.78 is 23.4.